The second-order valence-corrected chi connectivity index (χ2v) is 8.89. The van der Waals surface area contributed by atoms with Crippen LogP contribution < -0.4 is 5.32 Å². The summed E-state index contributed by atoms with van der Waals surface area (Å²) in [4.78, 5) is 16.4. The molecule has 31 heavy (non-hydrogen) atoms. The summed E-state index contributed by atoms with van der Waals surface area (Å²) in [5.74, 6) is 0.725. The number of pyridine rings is 1. The predicted octanol–water partition coefficient (Wildman–Crippen LogP) is 5.21. The standard InChI is InChI=1S/C25H29N3O3/c26-23(18-5-4-6-18)22-21(17-9-11-25(12-10-17)30-13-14-31-25)15-20(16-29)28-24(22)27-19-7-2-1-3-8-19/h1-3,7-8,15-18,26H,4-6,9-14H2,(H,27,28). The molecule has 1 aromatic heterocycles. The molecule has 1 spiro atoms. The molecule has 6 heteroatoms. The molecule has 1 aliphatic heterocycles. The summed E-state index contributed by atoms with van der Waals surface area (Å²) >= 11 is 0. The Hall–Kier alpha value is -2.57. The first-order valence-corrected chi connectivity index (χ1v) is 11.4. The summed E-state index contributed by atoms with van der Waals surface area (Å²) in [6.07, 6.45) is 7.59. The molecule has 0 radical (unpaired) electrons. The van der Waals surface area contributed by atoms with Crippen LogP contribution in [0.1, 0.15) is 72.5 Å². The van der Waals surface area contributed by atoms with Gasteiger partial charge in [-0.1, -0.05) is 24.6 Å². The van der Waals surface area contributed by atoms with Crippen LogP contribution in [0.2, 0.25) is 0 Å². The van der Waals surface area contributed by atoms with Gasteiger partial charge in [0.25, 0.3) is 0 Å². The van der Waals surface area contributed by atoms with E-state index in [9.17, 15) is 4.79 Å². The van der Waals surface area contributed by atoms with Crippen molar-refractivity contribution < 1.29 is 14.3 Å². The highest BCUT2D eigenvalue weighted by Crippen LogP contribution is 2.45. The quantitative estimate of drug-likeness (QED) is 0.496. The zero-order valence-corrected chi connectivity index (χ0v) is 17.7. The van der Waals surface area contributed by atoms with E-state index in [-0.39, 0.29) is 11.8 Å². The van der Waals surface area contributed by atoms with Crippen LogP contribution in [0.3, 0.4) is 0 Å². The van der Waals surface area contributed by atoms with Crippen LogP contribution in [0.15, 0.2) is 36.4 Å². The second kappa shape index (κ2) is 8.52. The molecule has 0 bridgehead atoms. The minimum Gasteiger partial charge on any atom is -0.348 e. The SMILES string of the molecule is N=C(c1c(C2CCC3(CC2)OCCO3)cc(C=O)nc1Nc1ccccc1)C1CCC1. The van der Waals surface area contributed by atoms with E-state index in [1.807, 2.05) is 36.4 Å². The number of benzene rings is 1. The van der Waals surface area contributed by atoms with Crippen LogP contribution in [0.4, 0.5) is 11.5 Å². The van der Waals surface area contributed by atoms with E-state index >= 15 is 0 Å². The number of nitrogens with zero attached hydrogens (tertiary/aromatic N) is 1. The fourth-order valence-electron chi connectivity index (χ4n) is 5.05. The Labute approximate surface area is 182 Å². The molecule has 0 unspecified atom stereocenters. The minimum atomic E-state index is -0.427. The summed E-state index contributed by atoms with van der Waals surface area (Å²) in [5.41, 5.74) is 3.92. The number of rotatable bonds is 6. The van der Waals surface area contributed by atoms with Crippen molar-refractivity contribution in [3.63, 3.8) is 0 Å². The largest absolute Gasteiger partial charge is 0.348 e. The maximum Gasteiger partial charge on any atom is 0.168 e. The lowest BCUT2D eigenvalue weighted by atomic mass is 9.74. The average molecular weight is 420 g/mol. The first-order chi connectivity index (χ1) is 15.2. The molecule has 6 nitrogen and oxygen atoms in total. The number of carbonyl (C=O) groups is 1. The number of aromatic nitrogens is 1. The Morgan fingerprint density at radius 3 is 2.42 bits per heavy atom. The summed E-state index contributed by atoms with van der Waals surface area (Å²) in [5, 5.41) is 12.4. The molecule has 1 aromatic carbocycles. The van der Waals surface area contributed by atoms with E-state index in [1.165, 1.54) is 6.42 Å². The highest BCUT2D eigenvalue weighted by Gasteiger charge is 2.41. The van der Waals surface area contributed by atoms with Gasteiger partial charge < -0.3 is 20.2 Å². The van der Waals surface area contributed by atoms with Crippen LogP contribution in [0.5, 0.6) is 0 Å². The van der Waals surface area contributed by atoms with Gasteiger partial charge in [-0.15, -0.1) is 0 Å². The number of ether oxygens (including phenoxy) is 2. The normalized spacial score (nSPS) is 21.0. The number of hydrogen-bond donors (Lipinski definition) is 2. The van der Waals surface area contributed by atoms with Crippen LogP contribution in [-0.4, -0.2) is 36.0 Å². The van der Waals surface area contributed by atoms with Gasteiger partial charge in [0.15, 0.2) is 12.1 Å². The van der Waals surface area contributed by atoms with Crippen molar-refractivity contribution in [2.24, 2.45) is 5.92 Å². The van der Waals surface area contributed by atoms with E-state index in [1.54, 1.807) is 0 Å². The van der Waals surface area contributed by atoms with Gasteiger partial charge in [-0.25, -0.2) is 4.98 Å². The fourth-order valence-corrected chi connectivity index (χ4v) is 5.05. The summed E-state index contributed by atoms with van der Waals surface area (Å²) in [7, 11) is 0. The number of nitrogens with one attached hydrogen (secondary N) is 2. The van der Waals surface area contributed by atoms with E-state index in [0.717, 1.165) is 61.6 Å². The van der Waals surface area contributed by atoms with Crippen LogP contribution in [-0.2, 0) is 9.47 Å². The molecule has 2 aliphatic carbocycles. The maximum atomic E-state index is 11.7. The summed E-state index contributed by atoms with van der Waals surface area (Å²) in [6, 6.07) is 11.8. The lowest BCUT2D eigenvalue weighted by molar-refractivity contribution is -0.178. The molecule has 0 atom stereocenters. The first kappa shape index (κ1) is 20.3. The zero-order valence-electron chi connectivity index (χ0n) is 17.7. The Bertz CT molecular complexity index is 955. The fraction of sp³-hybridized carbons (Fsp3) is 0.480. The zero-order chi connectivity index (χ0) is 21.3. The van der Waals surface area contributed by atoms with Crippen molar-refractivity contribution in [1.82, 2.24) is 4.98 Å². The van der Waals surface area contributed by atoms with Gasteiger partial charge in [0.05, 0.1) is 13.2 Å². The topological polar surface area (TPSA) is 84.3 Å². The Balaban J connectivity index is 1.53. The summed E-state index contributed by atoms with van der Waals surface area (Å²) in [6.45, 7) is 1.33. The maximum absolute atomic E-state index is 11.7. The Morgan fingerprint density at radius 2 is 1.81 bits per heavy atom. The van der Waals surface area contributed by atoms with Gasteiger partial charge in [0, 0.05) is 35.7 Å². The smallest absolute Gasteiger partial charge is 0.168 e. The van der Waals surface area contributed by atoms with Crippen molar-refractivity contribution in [3.05, 3.63) is 53.2 Å². The van der Waals surface area contributed by atoms with E-state index < -0.39 is 5.79 Å². The molecule has 2 aromatic rings. The van der Waals surface area contributed by atoms with Crippen LogP contribution in [0, 0.1) is 11.3 Å². The molecular weight excluding hydrogens is 390 g/mol. The predicted molar refractivity (Wildman–Crippen MR) is 119 cm³/mol. The van der Waals surface area contributed by atoms with Crippen molar-refractivity contribution in [2.75, 3.05) is 18.5 Å². The van der Waals surface area contributed by atoms with Gasteiger partial charge in [0.2, 0.25) is 0 Å². The van der Waals surface area contributed by atoms with Crippen LogP contribution >= 0.6 is 0 Å². The molecule has 1 saturated heterocycles. The van der Waals surface area contributed by atoms with Crippen molar-refractivity contribution in [2.45, 2.75) is 56.7 Å². The van der Waals surface area contributed by atoms with E-state index in [2.05, 4.69) is 10.3 Å². The molecule has 162 valence electrons. The Morgan fingerprint density at radius 1 is 1.10 bits per heavy atom. The van der Waals surface area contributed by atoms with Crippen molar-refractivity contribution >= 4 is 23.5 Å². The minimum absolute atomic E-state index is 0.256. The number of hydrogen-bond acceptors (Lipinski definition) is 6. The molecule has 0 amide bonds. The van der Waals surface area contributed by atoms with E-state index in [4.69, 9.17) is 14.9 Å². The first-order valence-electron chi connectivity index (χ1n) is 11.4. The highest BCUT2D eigenvalue weighted by atomic mass is 16.7. The van der Waals surface area contributed by atoms with E-state index in [0.29, 0.717) is 30.4 Å². The third-order valence-corrected chi connectivity index (χ3v) is 7.01. The number of aldehydes is 1. The van der Waals surface area contributed by atoms with Gasteiger partial charge in [-0.05, 0) is 55.4 Å². The number of carbonyl (C=O) groups excluding carboxylic acids is 1. The van der Waals surface area contributed by atoms with Crippen molar-refractivity contribution in [3.8, 4) is 0 Å². The molecule has 5 rings (SSSR count). The van der Waals surface area contributed by atoms with Crippen molar-refractivity contribution in [1.29, 1.82) is 5.41 Å². The lowest BCUT2D eigenvalue weighted by Crippen LogP contribution is -2.35. The lowest BCUT2D eigenvalue weighted by Gasteiger charge is -2.37. The molecular formula is C25H29N3O3. The molecule has 3 aliphatic rings. The highest BCUT2D eigenvalue weighted by molar-refractivity contribution is 6.06. The Kier molecular flexibility index (Phi) is 5.59. The molecule has 2 saturated carbocycles. The molecule has 3 fully saturated rings. The van der Waals surface area contributed by atoms with Gasteiger partial charge in [-0.2, -0.15) is 0 Å². The second-order valence-electron chi connectivity index (χ2n) is 8.89. The number of anilines is 2. The third kappa shape index (κ3) is 4.02. The summed E-state index contributed by atoms with van der Waals surface area (Å²) < 4.78 is 11.8. The average Bonchev–Trinajstić information content (AvgIpc) is 3.21. The van der Waals surface area contributed by atoms with Gasteiger partial charge >= 0.3 is 0 Å². The van der Waals surface area contributed by atoms with Crippen LogP contribution in [0.25, 0.3) is 0 Å². The molecule has 2 heterocycles. The van der Waals surface area contributed by atoms with Gasteiger partial charge in [-0.3, -0.25) is 4.79 Å². The van der Waals surface area contributed by atoms with Gasteiger partial charge in [0.1, 0.15) is 11.5 Å². The monoisotopic (exact) mass is 419 g/mol. The third-order valence-electron chi connectivity index (χ3n) is 7.01. The molecule has 2 N–H and O–H groups in total. The number of para-hydroxylation sites is 1.